The maximum atomic E-state index is 10.8. The second kappa shape index (κ2) is 4.51. The van der Waals surface area contributed by atoms with E-state index in [1.807, 2.05) is 0 Å². The maximum Gasteiger partial charge on any atom is 0.148 e. The first-order valence-corrected chi connectivity index (χ1v) is 7.13. The van der Waals surface area contributed by atoms with Gasteiger partial charge in [0.25, 0.3) is 0 Å². The van der Waals surface area contributed by atoms with Crippen LogP contribution in [0.2, 0.25) is 0 Å². The average molecular weight is 210 g/mol. The second-order valence-corrected chi connectivity index (χ2v) is 7.65. The van der Waals surface area contributed by atoms with Gasteiger partial charge in [0.1, 0.15) is 9.84 Å². The zero-order valence-corrected chi connectivity index (χ0v) is 9.89. The van der Waals surface area contributed by atoms with Gasteiger partial charge < -0.3 is 0 Å². The molecule has 4 heteroatoms. The zero-order valence-electron chi connectivity index (χ0n) is 8.25. The zero-order chi connectivity index (χ0) is 9.83. The molecule has 0 heterocycles. The van der Waals surface area contributed by atoms with E-state index in [9.17, 15) is 8.42 Å². The molecule has 0 amide bonds. The van der Waals surface area contributed by atoms with Crippen molar-refractivity contribution in [2.24, 2.45) is 0 Å². The first kappa shape index (κ1) is 12.3. The van der Waals surface area contributed by atoms with Crippen LogP contribution in [0.3, 0.4) is 0 Å². The fraction of sp³-hybridized carbons (Fsp3) is 1.00. The summed E-state index contributed by atoms with van der Waals surface area (Å²) in [6.07, 6.45) is 2.36. The molecule has 0 aliphatic rings. The van der Waals surface area contributed by atoms with Gasteiger partial charge in [-0.15, -0.1) is 0 Å². The molecule has 74 valence electrons. The first-order chi connectivity index (χ1) is 5.27. The first-order valence-electron chi connectivity index (χ1n) is 4.08. The van der Waals surface area contributed by atoms with Crippen molar-refractivity contribution in [1.29, 1.82) is 0 Å². The molecule has 0 radical (unpaired) electrons. The smallest absolute Gasteiger partial charge is 0.148 e. The van der Waals surface area contributed by atoms with E-state index in [4.69, 9.17) is 0 Å². The van der Waals surface area contributed by atoms with E-state index in [1.54, 1.807) is 11.8 Å². The van der Waals surface area contributed by atoms with Gasteiger partial charge in [-0.2, -0.15) is 11.8 Å². The van der Waals surface area contributed by atoms with Crippen LogP contribution in [0.1, 0.15) is 27.2 Å². The molecule has 0 aromatic heterocycles. The van der Waals surface area contributed by atoms with Crippen molar-refractivity contribution in [2.45, 2.75) is 31.9 Å². The molecule has 0 spiro atoms. The summed E-state index contributed by atoms with van der Waals surface area (Å²) in [5, 5.41) is 0. The quantitative estimate of drug-likeness (QED) is 0.695. The lowest BCUT2D eigenvalue weighted by atomic mass is 10.1. The molecule has 0 saturated heterocycles. The standard InChI is InChI=1S/C8H18O2S2/c1-5-8(2,3)11-6-7-12(4,9)10/h5-7H2,1-4H3. The largest absolute Gasteiger partial charge is 0.229 e. The summed E-state index contributed by atoms with van der Waals surface area (Å²) in [7, 11) is -2.78. The number of hydrogen-bond acceptors (Lipinski definition) is 3. The van der Waals surface area contributed by atoms with Crippen LogP contribution in [0.25, 0.3) is 0 Å². The van der Waals surface area contributed by atoms with Crippen LogP contribution >= 0.6 is 11.8 Å². The van der Waals surface area contributed by atoms with Crippen molar-refractivity contribution in [1.82, 2.24) is 0 Å². The molecule has 0 aliphatic heterocycles. The third-order valence-electron chi connectivity index (χ3n) is 1.80. The van der Waals surface area contributed by atoms with Crippen molar-refractivity contribution in [3.8, 4) is 0 Å². The highest BCUT2D eigenvalue weighted by molar-refractivity contribution is 8.01. The molecular weight excluding hydrogens is 192 g/mol. The van der Waals surface area contributed by atoms with Crippen molar-refractivity contribution >= 4 is 21.6 Å². The minimum Gasteiger partial charge on any atom is -0.229 e. The summed E-state index contributed by atoms with van der Waals surface area (Å²) < 4.78 is 21.8. The van der Waals surface area contributed by atoms with Crippen LogP contribution in [-0.2, 0) is 9.84 Å². The van der Waals surface area contributed by atoms with Gasteiger partial charge in [0, 0.05) is 16.8 Å². The second-order valence-electron chi connectivity index (χ2n) is 3.59. The highest BCUT2D eigenvalue weighted by atomic mass is 32.2. The predicted molar refractivity (Wildman–Crippen MR) is 56.5 cm³/mol. The topological polar surface area (TPSA) is 34.1 Å². The Hall–Kier alpha value is 0.300. The third-order valence-corrected chi connectivity index (χ3v) is 4.48. The molecule has 0 aromatic carbocycles. The molecule has 12 heavy (non-hydrogen) atoms. The van der Waals surface area contributed by atoms with Gasteiger partial charge in [0.05, 0.1) is 5.75 Å². The average Bonchev–Trinajstić information content (AvgIpc) is 1.84. The molecule has 0 bridgehead atoms. The SMILES string of the molecule is CCC(C)(C)SCCS(C)(=O)=O. The number of sulfone groups is 1. The van der Waals surface area contributed by atoms with Gasteiger partial charge in [-0.05, 0) is 6.42 Å². The van der Waals surface area contributed by atoms with Crippen LogP contribution in [0, 0.1) is 0 Å². The highest BCUT2D eigenvalue weighted by Crippen LogP contribution is 2.27. The van der Waals surface area contributed by atoms with E-state index in [2.05, 4.69) is 20.8 Å². The summed E-state index contributed by atoms with van der Waals surface area (Å²) in [5.74, 6) is 1.00. The summed E-state index contributed by atoms with van der Waals surface area (Å²) in [6.45, 7) is 6.40. The van der Waals surface area contributed by atoms with Crippen molar-refractivity contribution < 1.29 is 8.42 Å². The Bertz CT molecular complexity index is 217. The lowest BCUT2D eigenvalue weighted by molar-refractivity contribution is 0.603. The normalized spacial score (nSPS) is 13.3. The summed E-state index contributed by atoms with van der Waals surface area (Å²) in [6, 6.07) is 0. The number of thioether (sulfide) groups is 1. The fourth-order valence-electron chi connectivity index (χ4n) is 0.571. The predicted octanol–water partition coefficient (Wildman–Crippen LogP) is 1.95. The van der Waals surface area contributed by atoms with Crippen LogP contribution in [0.15, 0.2) is 0 Å². The summed E-state index contributed by atoms with van der Waals surface area (Å²) >= 11 is 1.73. The van der Waals surface area contributed by atoms with Crippen LogP contribution < -0.4 is 0 Å². The minimum absolute atomic E-state index is 0.213. The highest BCUT2D eigenvalue weighted by Gasteiger charge is 2.15. The van der Waals surface area contributed by atoms with Gasteiger partial charge in [0.2, 0.25) is 0 Å². The third kappa shape index (κ3) is 6.98. The van der Waals surface area contributed by atoms with E-state index in [0.29, 0.717) is 11.5 Å². The van der Waals surface area contributed by atoms with Gasteiger partial charge in [0.15, 0.2) is 0 Å². The fourth-order valence-corrected chi connectivity index (χ4v) is 2.87. The van der Waals surface area contributed by atoms with Crippen LogP contribution in [0.5, 0.6) is 0 Å². The molecule has 0 saturated carbocycles. The van der Waals surface area contributed by atoms with E-state index in [0.717, 1.165) is 6.42 Å². The molecule has 0 N–H and O–H groups in total. The van der Waals surface area contributed by atoms with E-state index < -0.39 is 9.84 Å². The van der Waals surface area contributed by atoms with Crippen molar-refractivity contribution in [2.75, 3.05) is 17.8 Å². The Balaban J connectivity index is 3.72. The Labute approximate surface area is 80.0 Å². The summed E-state index contributed by atoms with van der Waals surface area (Å²) in [4.78, 5) is 0. The van der Waals surface area contributed by atoms with E-state index in [1.165, 1.54) is 6.26 Å². The number of rotatable bonds is 5. The maximum absolute atomic E-state index is 10.8. The Morgan fingerprint density at radius 3 is 2.17 bits per heavy atom. The van der Waals surface area contributed by atoms with E-state index >= 15 is 0 Å². The van der Waals surface area contributed by atoms with Gasteiger partial charge in [-0.3, -0.25) is 0 Å². The van der Waals surface area contributed by atoms with Crippen LogP contribution in [-0.4, -0.2) is 30.9 Å². The van der Waals surface area contributed by atoms with Gasteiger partial charge in [-0.25, -0.2) is 8.42 Å². The molecule has 0 aliphatic carbocycles. The molecule has 2 nitrogen and oxygen atoms in total. The molecule has 0 atom stereocenters. The lowest BCUT2D eigenvalue weighted by Crippen LogP contribution is -2.16. The molecule has 0 aromatic rings. The molecule has 0 rings (SSSR count). The minimum atomic E-state index is -2.78. The number of hydrogen-bond donors (Lipinski definition) is 0. The summed E-state index contributed by atoms with van der Waals surface area (Å²) in [5.41, 5.74) is 0. The Morgan fingerprint density at radius 2 is 1.83 bits per heavy atom. The molecule has 0 fully saturated rings. The van der Waals surface area contributed by atoms with Gasteiger partial charge >= 0.3 is 0 Å². The lowest BCUT2D eigenvalue weighted by Gasteiger charge is -2.21. The Morgan fingerprint density at radius 1 is 1.33 bits per heavy atom. The molecule has 0 unspecified atom stereocenters. The van der Waals surface area contributed by atoms with Crippen LogP contribution in [0.4, 0.5) is 0 Å². The van der Waals surface area contributed by atoms with Gasteiger partial charge in [-0.1, -0.05) is 20.8 Å². The van der Waals surface area contributed by atoms with Crippen molar-refractivity contribution in [3.05, 3.63) is 0 Å². The van der Waals surface area contributed by atoms with E-state index in [-0.39, 0.29) is 4.75 Å². The monoisotopic (exact) mass is 210 g/mol. The van der Waals surface area contributed by atoms with Crippen molar-refractivity contribution in [3.63, 3.8) is 0 Å². The Kier molecular flexibility index (Phi) is 4.62. The molecular formula is C8H18O2S2.